The fraction of sp³-hybridized carbons (Fsp3) is 0.0625. The van der Waals surface area contributed by atoms with Crippen molar-refractivity contribution < 1.29 is 9.72 Å². The Labute approximate surface area is 144 Å². The number of nitro benzene ring substituents is 1. The van der Waals surface area contributed by atoms with Crippen molar-refractivity contribution >= 4 is 34.1 Å². The summed E-state index contributed by atoms with van der Waals surface area (Å²) >= 11 is 2.48. The summed E-state index contributed by atoms with van der Waals surface area (Å²) in [5, 5.41) is 24.1. The second-order valence-corrected chi connectivity index (χ2v) is 6.62. The lowest BCUT2D eigenvalue weighted by atomic mass is 10.1. The number of hydrogen-bond acceptors (Lipinski definition) is 7. The summed E-state index contributed by atoms with van der Waals surface area (Å²) in [7, 11) is 0. The van der Waals surface area contributed by atoms with Crippen molar-refractivity contribution in [3.8, 4) is 17.3 Å². The molecule has 0 saturated heterocycles. The largest absolute Gasteiger partial charge is 0.291 e. The number of hydrogen-bond donors (Lipinski definition) is 0. The molecule has 0 bridgehead atoms. The lowest BCUT2D eigenvalue weighted by Crippen LogP contribution is -2.09. The summed E-state index contributed by atoms with van der Waals surface area (Å²) < 4.78 is 0. The second-order valence-electron chi connectivity index (χ2n) is 4.78. The molecule has 0 fully saturated rings. The van der Waals surface area contributed by atoms with Crippen LogP contribution in [0.1, 0.15) is 20.6 Å². The first-order chi connectivity index (χ1) is 11.6. The molecule has 2 aromatic heterocycles. The second kappa shape index (κ2) is 6.70. The molecule has 0 spiro atoms. The van der Waals surface area contributed by atoms with E-state index in [1.807, 2.05) is 6.07 Å². The molecule has 0 radical (unpaired) electrons. The van der Waals surface area contributed by atoms with E-state index in [2.05, 4.69) is 4.98 Å². The highest BCUT2D eigenvalue weighted by molar-refractivity contribution is 7.12. The average molecular weight is 355 g/mol. The number of thiophene rings is 1. The maximum atomic E-state index is 12.4. The molecule has 0 aliphatic rings. The zero-order valence-corrected chi connectivity index (χ0v) is 13.7. The van der Waals surface area contributed by atoms with Gasteiger partial charge >= 0.3 is 0 Å². The molecule has 1 unspecified atom stereocenters. The zero-order valence-electron chi connectivity index (χ0n) is 12.1. The summed E-state index contributed by atoms with van der Waals surface area (Å²) in [6, 6.07) is 11.5. The number of aromatic nitrogens is 1. The van der Waals surface area contributed by atoms with Gasteiger partial charge in [-0.2, -0.15) is 5.26 Å². The van der Waals surface area contributed by atoms with Crippen LogP contribution in [0.5, 0.6) is 0 Å². The van der Waals surface area contributed by atoms with Gasteiger partial charge in [0.15, 0.2) is 11.7 Å². The third-order valence-corrected chi connectivity index (χ3v) is 5.07. The Morgan fingerprint density at radius 3 is 2.79 bits per heavy atom. The Hall–Kier alpha value is -2.89. The number of Topliss-reactive ketones (excluding diaryl/α,β-unsaturated/α-hetero) is 1. The lowest BCUT2D eigenvalue weighted by Gasteiger charge is -2.02. The van der Waals surface area contributed by atoms with Gasteiger partial charge in [0.1, 0.15) is 5.01 Å². The minimum Gasteiger partial charge on any atom is -0.291 e. The topological polar surface area (TPSA) is 96.9 Å². The standard InChI is InChI=1S/C16H9N3O3S2/c17-8-12(15(20)14-5-2-6-23-14)16-18-13(9-24-16)10-3-1-4-11(7-10)19(21)22/h1-7,9,12H. The number of carbonyl (C=O) groups excluding carboxylic acids is 1. The van der Waals surface area contributed by atoms with Gasteiger partial charge in [0.05, 0.1) is 21.6 Å². The Morgan fingerprint density at radius 2 is 2.12 bits per heavy atom. The van der Waals surface area contributed by atoms with Crippen molar-refractivity contribution in [2.45, 2.75) is 5.92 Å². The normalized spacial score (nSPS) is 11.6. The summed E-state index contributed by atoms with van der Waals surface area (Å²) in [4.78, 5) is 27.6. The Morgan fingerprint density at radius 1 is 1.29 bits per heavy atom. The van der Waals surface area contributed by atoms with E-state index in [9.17, 15) is 20.2 Å². The van der Waals surface area contributed by atoms with Gasteiger partial charge in [0, 0.05) is 23.1 Å². The zero-order chi connectivity index (χ0) is 17.1. The number of nitriles is 1. The number of ketones is 1. The summed E-state index contributed by atoms with van der Waals surface area (Å²) in [6.45, 7) is 0. The molecular weight excluding hydrogens is 346 g/mol. The van der Waals surface area contributed by atoms with E-state index in [-0.39, 0.29) is 11.5 Å². The third kappa shape index (κ3) is 3.08. The third-order valence-electron chi connectivity index (χ3n) is 3.28. The van der Waals surface area contributed by atoms with Gasteiger partial charge in [-0.05, 0) is 11.4 Å². The van der Waals surface area contributed by atoms with E-state index in [0.717, 1.165) is 0 Å². The van der Waals surface area contributed by atoms with Crippen LogP contribution in [0.2, 0.25) is 0 Å². The maximum absolute atomic E-state index is 12.4. The fourth-order valence-electron chi connectivity index (χ4n) is 2.12. The smallest absolute Gasteiger partial charge is 0.270 e. The van der Waals surface area contributed by atoms with Gasteiger partial charge in [-0.1, -0.05) is 18.2 Å². The van der Waals surface area contributed by atoms with Gasteiger partial charge in [0.25, 0.3) is 5.69 Å². The van der Waals surface area contributed by atoms with Crippen LogP contribution in [-0.4, -0.2) is 15.7 Å². The first-order valence-corrected chi connectivity index (χ1v) is 8.53. The summed E-state index contributed by atoms with van der Waals surface area (Å²) in [6.07, 6.45) is 0. The van der Waals surface area contributed by atoms with Crippen molar-refractivity contribution in [1.82, 2.24) is 4.98 Å². The van der Waals surface area contributed by atoms with E-state index in [4.69, 9.17) is 0 Å². The fourth-order valence-corrected chi connectivity index (χ4v) is 3.68. The van der Waals surface area contributed by atoms with Crippen molar-refractivity contribution in [2.75, 3.05) is 0 Å². The number of benzene rings is 1. The first-order valence-electron chi connectivity index (χ1n) is 6.77. The van der Waals surface area contributed by atoms with Gasteiger partial charge < -0.3 is 0 Å². The van der Waals surface area contributed by atoms with E-state index < -0.39 is 10.8 Å². The molecule has 118 valence electrons. The van der Waals surface area contributed by atoms with Gasteiger partial charge in [-0.3, -0.25) is 14.9 Å². The highest BCUT2D eigenvalue weighted by atomic mass is 32.1. The predicted octanol–water partition coefficient (Wildman–Crippen LogP) is 4.27. The number of carbonyl (C=O) groups is 1. The minimum absolute atomic E-state index is 0.0338. The molecule has 3 rings (SSSR count). The highest BCUT2D eigenvalue weighted by Crippen LogP contribution is 2.30. The quantitative estimate of drug-likeness (QED) is 0.387. The average Bonchev–Trinajstić information content (AvgIpc) is 3.27. The molecule has 0 amide bonds. The molecule has 6 nitrogen and oxygen atoms in total. The number of thiazole rings is 1. The van der Waals surface area contributed by atoms with Crippen LogP contribution in [-0.2, 0) is 0 Å². The molecule has 1 aromatic carbocycles. The van der Waals surface area contributed by atoms with Crippen LogP contribution < -0.4 is 0 Å². The van der Waals surface area contributed by atoms with E-state index in [1.165, 1.54) is 34.8 Å². The molecule has 0 saturated carbocycles. The van der Waals surface area contributed by atoms with Crippen molar-refractivity contribution in [1.29, 1.82) is 5.26 Å². The summed E-state index contributed by atoms with van der Waals surface area (Å²) in [5.74, 6) is -1.26. The molecule has 2 heterocycles. The monoisotopic (exact) mass is 355 g/mol. The number of rotatable bonds is 5. The highest BCUT2D eigenvalue weighted by Gasteiger charge is 2.26. The Bertz CT molecular complexity index is 942. The van der Waals surface area contributed by atoms with Crippen molar-refractivity contribution in [3.63, 3.8) is 0 Å². The number of nitrogens with zero attached hydrogens (tertiary/aromatic N) is 3. The van der Waals surface area contributed by atoms with Crippen molar-refractivity contribution in [2.24, 2.45) is 0 Å². The van der Waals surface area contributed by atoms with E-state index in [0.29, 0.717) is 21.1 Å². The summed E-state index contributed by atoms with van der Waals surface area (Å²) in [5.41, 5.74) is 1.05. The number of non-ortho nitro benzene ring substituents is 1. The van der Waals surface area contributed by atoms with Crippen LogP contribution in [0.15, 0.2) is 47.2 Å². The Kier molecular flexibility index (Phi) is 4.46. The Balaban J connectivity index is 1.92. The van der Waals surface area contributed by atoms with Crippen LogP contribution >= 0.6 is 22.7 Å². The van der Waals surface area contributed by atoms with Gasteiger partial charge in [-0.25, -0.2) is 4.98 Å². The molecule has 0 aliphatic carbocycles. The number of nitro groups is 1. The van der Waals surface area contributed by atoms with E-state index in [1.54, 1.807) is 35.0 Å². The predicted molar refractivity (Wildman–Crippen MR) is 91.2 cm³/mol. The molecule has 0 aliphatic heterocycles. The lowest BCUT2D eigenvalue weighted by molar-refractivity contribution is -0.384. The molecule has 3 aromatic rings. The molecule has 24 heavy (non-hydrogen) atoms. The van der Waals surface area contributed by atoms with E-state index >= 15 is 0 Å². The molecular formula is C16H9N3O3S2. The molecule has 1 atom stereocenters. The van der Waals surface area contributed by atoms with Crippen molar-refractivity contribution in [3.05, 3.63) is 67.2 Å². The maximum Gasteiger partial charge on any atom is 0.270 e. The van der Waals surface area contributed by atoms with Crippen LogP contribution in [0.3, 0.4) is 0 Å². The van der Waals surface area contributed by atoms with Crippen LogP contribution in [0.4, 0.5) is 5.69 Å². The minimum atomic E-state index is -0.971. The molecule has 8 heteroatoms. The van der Waals surface area contributed by atoms with Gasteiger partial charge in [0.2, 0.25) is 0 Å². The van der Waals surface area contributed by atoms with Crippen LogP contribution in [0, 0.1) is 21.4 Å². The SMILES string of the molecule is N#CC(C(=O)c1cccs1)c1nc(-c2cccc([N+](=O)[O-])c2)cs1. The first kappa shape index (κ1) is 16.0. The van der Waals surface area contributed by atoms with Gasteiger partial charge in [-0.15, -0.1) is 22.7 Å². The van der Waals surface area contributed by atoms with Crippen LogP contribution in [0.25, 0.3) is 11.3 Å². The molecule has 0 N–H and O–H groups in total.